The fourth-order valence-electron chi connectivity index (χ4n) is 2.26. The number of rotatable bonds is 5. The van der Waals surface area contributed by atoms with E-state index < -0.39 is 28.3 Å². The Morgan fingerprint density at radius 3 is 2.52 bits per heavy atom. The van der Waals surface area contributed by atoms with Crippen molar-refractivity contribution in [1.82, 2.24) is 9.71 Å². The summed E-state index contributed by atoms with van der Waals surface area (Å²) in [6.07, 6.45) is 1.61. The van der Waals surface area contributed by atoms with E-state index in [4.69, 9.17) is 0 Å². The molecule has 3 rings (SSSR count). The molecule has 0 atom stereocenters. The zero-order chi connectivity index (χ0) is 17.9. The van der Waals surface area contributed by atoms with Crippen LogP contribution in [0.1, 0.15) is 0 Å². The average molecular weight is 359 g/mol. The number of amides is 1. The van der Waals surface area contributed by atoms with Gasteiger partial charge < -0.3 is 5.32 Å². The summed E-state index contributed by atoms with van der Waals surface area (Å²) < 4.78 is 39.2. The topological polar surface area (TPSA) is 88.2 Å². The van der Waals surface area contributed by atoms with Crippen molar-refractivity contribution >= 4 is 32.5 Å². The number of pyridine rings is 1. The molecular formula is C17H14FN3O3S. The number of hydrogen-bond donors (Lipinski definition) is 2. The van der Waals surface area contributed by atoms with Gasteiger partial charge in [-0.25, -0.2) is 17.5 Å². The lowest BCUT2D eigenvalue weighted by molar-refractivity contribution is -0.115. The second-order valence-electron chi connectivity index (χ2n) is 5.21. The van der Waals surface area contributed by atoms with Gasteiger partial charge in [0.15, 0.2) is 0 Å². The number of aromatic nitrogens is 1. The van der Waals surface area contributed by atoms with Crippen LogP contribution >= 0.6 is 0 Å². The van der Waals surface area contributed by atoms with E-state index in [1.165, 1.54) is 0 Å². The van der Waals surface area contributed by atoms with Crippen LogP contribution in [0.3, 0.4) is 0 Å². The van der Waals surface area contributed by atoms with Gasteiger partial charge in [-0.1, -0.05) is 18.2 Å². The van der Waals surface area contributed by atoms with Crippen LogP contribution in [0.2, 0.25) is 0 Å². The third-order valence-electron chi connectivity index (χ3n) is 3.45. The summed E-state index contributed by atoms with van der Waals surface area (Å²) in [4.78, 5) is 16.2. The van der Waals surface area contributed by atoms with E-state index in [1.54, 1.807) is 24.4 Å². The van der Waals surface area contributed by atoms with Crippen LogP contribution in [0.4, 0.5) is 10.1 Å². The number of nitrogens with zero attached hydrogens (tertiary/aromatic N) is 1. The van der Waals surface area contributed by atoms with Gasteiger partial charge in [-0.3, -0.25) is 9.78 Å². The molecule has 0 aliphatic rings. The van der Waals surface area contributed by atoms with Crippen molar-refractivity contribution in [2.24, 2.45) is 0 Å². The minimum atomic E-state index is -3.90. The highest BCUT2D eigenvalue weighted by Crippen LogP contribution is 2.20. The summed E-state index contributed by atoms with van der Waals surface area (Å²) in [5.74, 6) is -1.08. The summed E-state index contributed by atoms with van der Waals surface area (Å²) in [5.41, 5.74) is 1.10. The molecule has 128 valence electrons. The Kier molecular flexibility index (Phi) is 4.73. The van der Waals surface area contributed by atoms with Crippen molar-refractivity contribution in [3.05, 3.63) is 66.6 Å². The van der Waals surface area contributed by atoms with Gasteiger partial charge in [0.05, 0.1) is 22.6 Å². The van der Waals surface area contributed by atoms with Crippen LogP contribution in [0.25, 0.3) is 10.9 Å². The zero-order valence-electron chi connectivity index (χ0n) is 12.9. The number of nitrogens with one attached hydrogen (secondary N) is 2. The molecule has 0 saturated heterocycles. The molecule has 3 aromatic rings. The van der Waals surface area contributed by atoms with Crippen molar-refractivity contribution in [3.8, 4) is 0 Å². The van der Waals surface area contributed by atoms with Crippen molar-refractivity contribution < 1.29 is 17.6 Å². The van der Waals surface area contributed by atoms with Crippen molar-refractivity contribution in [1.29, 1.82) is 0 Å². The first-order valence-corrected chi connectivity index (χ1v) is 8.83. The molecule has 0 fully saturated rings. The van der Waals surface area contributed by atoms with Crippen LogP contribution in [0.5, 0.6) is 0 Å². The van der Waals surface area contributed by atoms with Crippen LogP contribution in [-0.2, 0) is 14.8 Å². The fourth-order valence-corrected chi connectivity index (χ4v) is 3.24. The molecule has 0 radical (unpaired) electrons. The number of fused-ring (bicyclic) bond motifs is 1. The Balaban J connectivity index is 1.69. The Bertz CT molecular complexity index is 1020. The molecular weight excluding hydrogens is 345 g/mol. The van der Waals surface area contributed by atoms with E-state index in [9.17, 15) is 17.6 Å². The van der Waals surface area contributed by atoms with Crippen molar-refractivity contribution in [2.45, 2.75) is 4.90 Å². The molecule has 1 aromatic heterocycles. The molecule has 25 heavy (non-hydrogen) atoms. The van der Waals surface area contributed by atoms with E-state index in [0.717, 1.165) is 29.7 Å². The first kappa shape index (κ1) is 17.0. The second-order valence-corrected chi connectivity index (χ2v) is 6.97. The molecule has 0 aliphatic carbocycles. The van der Waals surface area contributed by atoms with Crippen LogP contribution in [0.15, 0.2) is 65.7 Å². The van der Waals surface area contributed by atoms with E-state index in [2.05, 4.69) is 15.0 Å². The zero-order valence-corrected chi connectivity index (χ0v) is 13.8. The molecule has 0 aliphatic heterocycles. The molecule has 1 amide bonds. The second kappa shape index (κ2) is 6.96. The lowest BCUT2D eigenvalue weighted by atomic mass is 10.2. The van der Waals surface area contributed by atoms with E-state index in [1.807, 2.05) is 12.1 Å². The van der Waals surface area contributed by atoms with Gasteiger partial charge >= 0.3 is 0 Å². The Morgan fingerprint density at radius 2 is 1.76 bits per heavy atom. The van der Waals surface area contributed by atoms with Gasteiger partial charge in [0.25, 0.3) is 0 Å². The van der Waals surface area contributed by atoms with E-state index in [-0.39, 0.29) is 4.90 Å². The number of carbonyl (C=O) groups is 1. The number of benzene rings is 2. The molecule has 0 spiro atoms. The SMILES string of the molecule is O=C(CNS(=O)(=O)c1ccc(F)cc1)Nc1cccc2cccnc12. The average Bonchev–Trinajstić information content (AvgIpc) is 2.61. The number of anilines is 1. The molecule has 0 bridgehead atoms. The van der Waals surface area contributed by atoms with E-state index >= 15 is 0 Å². The Labute approximate surface area is 143 Å². The standard InChI is InChI=1S/C17H14FN3O3S/c18-13-6-8-14(9-7-13)25(23,24)20-11-16(22)21-15-5-1-3-12-4-2-10-19-17(12)15/h1-10,20H,11H2,(H,21,22). The van der Waals surface area contributed by atoms with Crippen LogP contribution < -0.4 is 10.0 Å². The molecule has 0 unspecified atom stereocenters. The first-order chi connectivity index (χ1) is 12.0. The molecule has 8 heteroatoms. The quantitative estimate of drug-likeness (QED) is 0.732. The van der Waals surface area contributed by atoms with E-state index in [0.29, 0.717) is 11.2 Å². The van der Waals surface area contributed by atoms with Gasteiger partial charge in [0.1, 0.15) is 5.82 Å². The van der Waals surface area contributed by atoms with Crippen LogP contribution in [0, 0.1) is 5.82 Å². The lowest BCUT2D eigenvalue weighted by Gasteiger charge is -2.09. The fraction of sp³-hybridized carbons (Fsp3) is 0.0588. The maximum atomic E-state index is 12.9. The number of carbonyl (C=O) groups excluding carboxylic acids is 1. The molecule has 0 saturated carbocycles. The third-order valence-corrected chi connectivity index (χ3v) is 4.87. The predicted octanol–water partition coefficient (Wildman–Crippen LogP) is 2.29. The van der Waals surface area contributed by atoms with Crippen LogP contribution in [-0.4, -0.2) is 25.9 Å². The maximum Gasteiger partial charge on any atom is 0.241 e. The summed E-state index contributed by atoms with van der Waals surface area (Å²) in [6, 6.07) is 13.3. The molecule has 6 nitrogen and oxygen atoms in total. The lowest BCUT2D eigenvalue weighted by Crippen LogP contribution is -2.33. The normalized spacial score (nSPS) is 11.4. The number of para-hydroxylation sites is 1. The van der Waals surface area contributed by atoms with Gasteiger partial charge in [-0.2, -0.15) is 0 Å². The highest BCUT2D eigenvalue weighted by Gasteiger charge is 2.16. The Hall–Kier alpha value is -2.84. The minimum Gasteiger partial charge on any atom is -0.323 e. The summed E-state index contributed by atoms with van der Waals surface area (Å²) in [7, 11) is -3.90. The van der Waals surface area contributed by atoms with Crippen molar-refractivity contribution in [2.75, 3.05) is 11.9 Å². The van der Waals surface area contributed by atoms with Gasteiger partial charge in [-0.15, -0.1) is 0 Å². The smallest absolute Gasteiger partial charge is 0.241 e. The largest absolute Gasteiger partial charge is 0.323 e. The Morgan fingerprint density at radius 1 is 1.04 bits per heavy atom. The monoisotopic (exact) mass is 359 g/mol. The molecule has 2 aromatic carbocycles. The number of halogens is 1. The van der Waals surface area contributed by atoms with Crippen molar-refractivity contribution in [3.63, 3.8) is 0 Å². The van der Waals surface area contributed by atoms with Gasteiger partial charge in [-0.05, 0) is 36.4 Å². The van der Waals surface area contributed by atoms with Gasteiger partial charge in [0.2, 0.25) is 15.9 Å². The highest BCUT2D eigenvalue weighted by atomic mass is 32.2. The minimum absolute atomic E-state index is 0.117. The predicted molar refractivity (Wildman–Crippen MR) is 92.0 cm³/mol. The molecule has 2 N–H and O–H groups in total. The summed E-state index contributed by atoms with van der Waals surface area (Å²) in [6.45, 7) is -0.455. The molecule has 1 heterocycles. The maximum absolute atomic E-state index is 12.9. The summed E-state index contributed by atoms with van der Waals surface area (Å²) in [5, 5.41) is 3.48. The van der Waals surface area contributed by atoms with Gasteiger partial charge in [0, 0.05) is 11.6 Å². The third kappa shape index (κ3) is 3.98. The summed E-state index contributed by atoms with van der Waals surface area (Å²) >= 11 is 0. The highest BCUT2D eigenvalue weighted by molar-refractivity contribution is 7.89. The number of hydrogen-bond acceptors (Lipinski definition) is 4. The number of sulfonamides is 1. The first-order valence-electron chi connectivity index (χ1n) is 7.34.